The van der Waals surface area contributed by atoms with Gasteiger partial charge in [-0.3, -0.25) is 14.5 Å². The molecule has 1 fully saturated rings. The molecule has 2 rings (SSSR count). The first-order valence-corrected chi connectivity index (χ1v) is 6.52. The zero-order chi connectivity index (χ0) is 14.9. The first-order valence-electron chi connectivity index (χ1n) is 5.30. The average molecular weight is 315 g/mol. The molecule has 1 N–H and O–H groups in total. The van der Waals surface area contributed by atoms with Gasteiger partial charge in [0, 0.05) is 6.07 Å². The van der Waals surface area contributed by atoms with E-state index in [9.17, 15) is 18.4 Å². The van der Waals surface area contributed by atoms with Gasteiger partial charge in [0.1, 0.15) is 22.5 Å². The molecule has 0 saturated carbocycles. The fraction of sp³-hybridized carbons (Fsp3) is 0.0833. The van der Waals surface area contributed by atoms with E-state index >= 15 is 0 Å². The third-order valence-electron chi connectivity index (χ3n) is 2.35. The Morgan fingerprint density at radius 2 is 1.95 bits per heavy atom. The number of carbonyl (C=O) groups excluding carboxylic acids is 1. The average Bonchev–Trinajstić information content (AvgIpc) is 2.55. The zero-order valence-corrected chi connectivity index (χ0v) is 11.4. The maximum Gasteiger partial charge on any atom is 0.323 e. The van der Waals surface area contributed by atoms with Crippen LogP contribution in [0.4, 0.5) is 8.78 Å². The summed E-state index contributed by atoms with van der Waals surface area (Å²) >= 11 is 5.79. The quantitative estimate of drug-likeness (QED) is 0.685. The van der Waals surface area contributed by atoms with Crippen LogP contribution in [0.2, 0.25) is 0 Å². The van der Waals surface area contributed by atoms with Crippen molar-refractivity contribution in [3.8, 4) is 0 Å². The van der Waals surface area contributed by atoms with Crippen LogP contribution in [-0.2, 0) is 9.59 Å². The van der Waals surface area contributed by atoms with Gasteiger partial charge in [0.25, 0.3) is 5.91 Å². The Morgan fingerprint density at radius 3 is 2.50 bits per heavy atom. The van der Waals surface area contributed by atoms with Gasteiger partial charge in [-0.2, -0.15) is 0 Å². The molecular formula is C12H7F2NO3S2. The molecule has 1 aromatic carbocycles. The van der Waals surface area contributed by atoms with Crippen LogP contribution in [0.3, 0.4) is 0 Å². The third-order valence-corrected chi connectivity index (χ3v) is 3.73. The zero-order valence-electron chi connectivity index (χ0n) is 9.80. The summed E-state index contributed by atoms with van der Waals surface area (Å²) in [4.78, 5) is 23.6. The molecule has 0 atom stereocenters. The molecule has 0 spiro atoms. The Hall–Kier alpha value is -1.80. The highest BCUT2D eigenvalue weighted by atomic mass is 32.2. The molecule has 1 amide bonds. The van der Waals surface area contributed by atoms with E-state index in [-0.39, 0.29) is 14.8 Å². The van der Waals surface area contributed by atoms with Crippen molar-refractivity contribution in [2.75, 3.05) is 6.54 Å². The number of halogens is 2. The SMILES string of the molecule is O=C(O)CN1C(=O)C(=Cc2cc(F)cc(F)c2)SC1=S. The van der Waals surface area contributed by atoms with E-state index in [1.807, 2.05) is 0 Å². The number of nitrogens with zero attached hydrogens (tertiary/aromatic N) is 1. The van der Waals surface area contributed by atoms with Crippen molar-refractivity contribution in [1.29, 1.82) is 0 Å². The smallest absolute Gasteiger partial charge is 0.323 e. The van der Waals surface area contributed by atoms with Crippen LogP contribution >= 0.6 is 24.0 Å². The summed E-state index contributed by atoms with van der Waals surface area (Å²) in [7, 11) is 0. The number of carboxylic acids is 1. The van der Waals surface area contributed by atoms with Crippen LogP contribution in [0.5, 0.6) is 0 Å². The van der Waals surface area contributed by atoms with Crippen molar-refractivity contribution in [3.63, 3.8) is 0 Å². The van der Waals surface area contributed by atoms with E-state index in [1.54, 1.807) is 0 Å². The molecule has 104 valence electrons. The Kier molecular flexibility index (Phi) is 4.15. The minimum absolute atomic E-state index is 0.0977. The number of carbonyl (C=O) groups is 2. The lowest BCUT2D eigenvalue weighted by atomic mass is 10.2. The van der Waals surface area contributed by atoms with E-state index in [0.717, 1.165) is 28.8 Å². The van der Waals surface area contributed by atoms with Crippen molar-refractivity contribution >= 4 is 46.3 Å². The Balaban J connectivity index is 2.29. The van der Waals surface area contributed by atoms with Gasteiger partial charge in [0.05, 0.1) is 4.91 Å². The number of hydrogen-bond donors (Lipinski definition) is 1. The van der Waals surface area contributed by atoms with Crippen molar-refractivity contribution in [3.05, 3.63) is 40.3 Å². The Labute approximate surface area is 122 Å². The van der Waals surface area contributed by atoms with Crippen molar-refractivity contribution in [1.82, 2.24) is 4.90 Å². The largest absolute Gasteiger partial charge is 0.480 e. The van der Waals surface area contributed by atoms with Crippen molar-refractivity contribution in [2.45, 2.75) is 0 Å². The second-order valence-electron chi connectivity index (χ2n) is 3.86. The molecule has 0 aliphatic carbocycles. The minimum atomic E-state index is -1.20. The maximum absolute atomic E-state index is 13.0. The molecule has 1 aromatic rings. The number of amides is 1. The predicted octanol–water partition coefficient (Wildman–Crippen LogP) is 2.25. The summed E-state index contributed by atoms with van der Waals surface area (Å²) in [5, 5.41) is 8.68. The third kappa shape index (κ3) is 3.20. The summed E-state index contributed by atoms with van der Waals surface area (Å²) in [6, 6.07) is 2.84. The second-order valence-corrected chi connectivity index (χ2v) is 5.54. The summed E-state index contributed by atoms with van der Waals surface area (Å²) in [6.07, 6.45) is 1.27. The highest BCUT2D eigenvalue weighted by Gasteiger charge is 2.33. The fourth-order valence-electron chi connectivity index (χ4n) is 1.58. The van der Waals surface area contributed by atoms with E-state index in [2.05, 4.69) is 0 Å². The van der Waals surface area contributed by atoms with Crippen LogP contribution in [0, 0.1) is 11.6 Å². The number of thiocarbonyl (C=S) groups is 1. The van der Waals surface area contributed by atoms with Crippen LogP contribution in [0.15, 0.2) is 23.1 Å². The lowest BCUT2D eigenvalue weighted by molar-refractivity contribution is -0.140. The van der Waals surface area contributed by atoms with Gasteiger partial charge >= 0.3 is 5.97 Å². The number of carboxylic acid groups (broad SMARTS) is 1. The van der Waals surface area contributed by atoms with Crippen LogP contribution in [0.25, 0.3) is 6.08 Å². The van der Waals surface area contributed by atoms with E-state index in [1.165, 1.54) is 6.08 Å². The number of rotatable bonds is 3. The van der Waals surface area contributed by atoms with E-state index < -0.39 is 30.1 Å². The number of aliphatic carboxylic acids is 1. The second kappa shape index (κ2) is 5.68. The number of hydrogen-bond acceptors (Lipinski definition) is 4. The van der Waals surface area contributed by atoms with Gasteiger partial charge in [0.2, 0.25) is 0 Å². The van der Waals surface area contributed by atoms with E-state index in [4.69, 9.17) is 17.3 Å². The molecule has 20 heavy (non-hydrogen) atoms. The summed E-state index contributed by atoms with van der Waals surface area (Å²) in [5.74, 6) is -3.32. The molecule has 0 radical (unpaired) electrons. The summed E-state index contributed by atoms with van der Waals surface area (Å²) in [6.45, 7) is -0.542. The highest BCUT2D eigenvalue weighted by Crippen LogP contribution is 2.32. The standard InChI is InChI=1S/C12H7F2NO3S2/c13-7-1-6(2-8(14)4-7)3-9-11(18)15(5-10(16)17)12(19)20-9/h1-4H,5H2,(H,16,17). The van der Waals surface area contributed by atoms with Crippen LogP contribution in [-0.4, -0.2) is 32.7 Å². The molecule has 1 saturated heterocycles. The lowest BCUT2D eigenvalue weighted by Gasteiger charge is -2.10. The van der Waals surface area contributed by atoms with Gasteiger partial charge in [-0.1, -0.05) is 24.0 Å². The predicted molar refractivity (Wildman–Crippen MR) is 73.9 cm³/mol. The Bertz CT molecular complexity index is 625. The first kappa shape index (κ1) is 14.6. The summed E-state index contributed by atoms with van der Waals surface area (Å²) in [5.41, 5.74) is 0.165. The van der Waals surface area contributed by atoms with Crippen molar-refractivity contribution in [2.24, 2.45) is 0 Å². The molecule has 0 aromatic heterocycles. The van der Waals surface area contributed by atoms with Crippen molar-refractivity contribution < 1.29 is 23.5 Å². The lowest BCUT2D eigenvalue weighted by Crippen LogP contribution is -2.33. The van der Waals surface area contributed by atoms with Gasteiger partial charge in [-0.05, 0) is 23.8 Å². The molecule has 1 heterocycles. The van der Waals surface area contributed by atoms with Gasteiger partial charge < -0.3 is 5.11 Å². The molecular weight excluding hydrogens is 308 g/mol. The topological polar surface area (TPSA) is 57.6 Å². The van der Waals surface area contributed by atoms with Gasteiger partial charge in [0.15, 0.2) is 0 Å². The number of thioether (sulfide) groups is 1. The van der Waals surface area contributed by atoms with Gasteiger partial charge in [-0.25, -0.2) is 8.78 Å². The minimum Gasteiger partial charge on any atom is -0.480 e. The normalized spacial score (nSPS) is 17.1. The maximum atomic E-state index is 13.0. The molecule has 0 unspecified atom stereocenters. The van der Waals surface area contributed by atoms with E-state index in [0.29, 0.717) is 6.07 Å². The van der Waals surface area contributed by atoms with Crippen LogP contribution < -0.4 is 0 Å². The Morgan fingerprint density at radius 1 is 1.35 bits per heavy atom. The van der Waals surface area contributed by atoms with Crippen LogP contribution in [0.1, 0.15) is 5.56 Å². The monoisotopic (exact) mass is 315 g/mol. The number of benzene rings is 1. The fourth-order valence-corrected chi connectivity index (χ4v) is 2.84. The molecule has 0 bridgehead atoms. The highest BCUT2D eigenvalue weighted by molar-refractivity contribution is 8.26. The molecule has 1 aliphatic heterocycles. The molecule has 4 nitrogen and oxygen atoms in total. The summed E-state index contributed by atoms with van der Waals surface area (Å²) < 4.78 is 26.2. The molecule has 1 aliphatic rings. The van der Waals surface area contributed by atoms with Gasteiger partial charge in [-0.15, -0.1) is 0 Å². The molecule has 8 heteroatoms. The first-order chi connectivity index (χ1) is 9.36.